The van der Waals surface area contributed by atoms with Gasteiger partial charge in [-0.15, -0.1) is 0 Å². The minimum atomic E-state index is -1.13. The first kappa shape index (κ1) is 14.4. The van der Waals surface area contributed by atoms with Gasteiger partial charge >= 0.3 is 5.97 Å². The molecule has 3 rings (SSSR count). The molecule has 0 fully saturated rings. The van der Waals surface area contributed by atoms with E-state index < -0.39 is 5.97 Å². The fourth-order valence-electron chi connectivity index (χ4n) is 2.12. The van der Waals surface area contributed by atoms with Crippen LogP contribution in [0.25, 0.3) is 10.9 Å². The van der Waals surface area contributed by atoms with Crippen LogP contribution in [0.1, 0.15) is 16.1 Å². The first-order valence-electron chi connectivity index (χ1n) is 6.64. The first-order chi connectivity index (χ1) is 10.6. The van der Waals surface area contributed by atoms with E-state index in [4.69, 9.17) is 16.3 Å². The fourth-order valence-corrected chi connectivity index (χ4v) is 2.29. The Morgan fingerprint density at radius 2 is 1.91 bits per heavy atom. The number of ether oxygens (including phenoxy) is 1. The predicted octanol–water partition coefficient (Wildman–Crippen LogP) is 4.17. The molecule has 22 heavy (non-hydrogen) atoms. The van der Waals surface area contributed by atoms with Crippen molar-refractivity contribution in [3.05, 3.63) is 70.9 Å². The normalized spacial score (nSPS) is 10.6. The van der Waals surface area contributed by atoms with Gasteiger partial charge < -0.3 is 9.84 Å². The minimum Gasteiger partial charge on any atom is -0.486 e. The van der Waals surface area contributed by atoms with Gasteiger partial charge in [0.25, 0.3) is 0 Å². The van der Waals surface area contributed by atoms with Crippen molar-refractivity contribution in [3.8, 4) is 5.75 Å². The standard InChI is InChI=1S/C17H12ClNO3/c18-13-7-6-12-8-15(16(17(20)21)19-14(12)9-13)22-10-11-4-2-1-3-5-11/h1-9H,10H2,(H,20,21). The van der Waals surface area contributed by atoms with Crippen LogP contribution in [0, 0.1) is 0 Å². The number of carboxylic acids is 1. The minimum absolute atomic E-state index is 0.120. The average Bonchev–Trinajstić information content (AvgIpc) is 2.53. The van der Waals surface area contributed by atoms with Gasteiger partial charge in [0.15, 0.2) is 11.4 Å². The number of aromatic nitrogens is 1. The van der Waals surface area contributed by atoms with Crippen molar-refractivity contribution >= 4 is 28.5 Å². The van der Waals surface area contributed by atoms with E-state index in [0.29, 0.717) is 10.5 Å². The summed E-state index contributed by atoms with van der Waals surface area (Å²) in [6, 6.07) is 16.3. The second kappa shape index (κ2) is 6.03. The summed E-state index contributed by atoms with van der Waals surface area (Å²) >= 11 is 5.91. The molecule has 0 radical (unpaired) electrons. The number of halogens is 1. The van der Waals surface area contributed by atoms with Gasteiger partial charge in [0, 0.05) is 10.4 Å². The number of pyridine rings is 1. The summed E-state index contributed by atoms with van der Waals surface area (Å²) in [6.45, 7) is 0.280. The van der Waals surface area contributed by atoms with E-state index in [1.165, 1.54) is 0 Å². The van der Waals surface area contributed by atoms with Gasteiger partial charge in [0.05, 0.1) is 5.52 Å². The molecule has 0 aliphatic heterocycles. The van der Waals surface area contributed by atoms with Crippen LogP contribution >= 0.6 is 11.6 Å². The van der Waals surface area contributed by atoms with Crippen LogP contribution in [0.5, 0.6) is 5.75 Å². The summed E-state index contributed by atoms with van der Waals surface area (Å²) in [4.78, 5) is 15.5. The molecule has 3 aromatic rings. The van der Waals surface area contributed by atoms with Crippen molar-refractivity contribution in [2.45, 2.75) is 6.61 Å². The Hall–Kier alpha value is -2.59. The molecule has 4 nitrogen and oxygen atoms in total. The van der Waals surface area contributed by atoms with Crippen LogP contribution in [0.2, 0.25) is 5.02 Å². The molecule has 0 spiro atoms. The molecule has 0 aliphatic rings. The summed E-state index contributed by atoms with van der Waals surface area (Å²) in [5, 5.41) is 10.6. The molecule has 5 heteroatoms. The third-order valence-corrected chi connectivity index (χ3v) is 3.42. The lowest BCUT2D eigenvalue weighted by Gasteiger charge is -2.10. The fraction of sp³-hybridized carbons (Fsp3) is 0.0588. The smallest absolute Gasteiger partial charge is 0.358 e. The van der Waals surface area contributed by atoms with Gasteiger partial charge in [-0.1, -0.05) is 48.0 Å². The van der Waals surface area contributed by atoms with Crippen molar-refractivity contribution in [2.24, 2.45) is 0 Å². The second-order valence-corrected chi connectivity index (χ2v) is 5.19. The third-order valence-electron chi connectivity index (χ3n) is 3.18. The molecule has 0 saturated carbocycles. The number of nitrogens with zero attached hydrogens (tertiary/aromatic N) is 1. The van der Waals surface area contributed by atoms with Crippen molar-refractivity contribution in [3.63, 3.8) is 0 Å². The molecule has 1 heterocycles. The molecule has 0 bridgehead atoms. The number of carbonyl (C=O) groups is 1. The molecule has 0 amide bonds. The van der Waals surface area contributed by atoms with Gasteiger partial charge in [0.1, 0.15) is 6.61 Å². The molecule has 0 atom stereocenters. The zero-order valence-electron chi connectivity index (χ0n) is 11.5. The summed E-state index contributed by atoms with van der Waals surface area (Å²) in [5.74, 6) is -0.892. The van der Waals surface area contributed by atoms with Crippen LogP contribution in [0.15, 0.2) is 54.6 Å². The number of hydrogen-bond donors (Lipinski definition) is 1. The molecule has 1 N–H and O–H groups in total. The van der Waals surface area contributed by atoms with E-state index >= 15 is 0 Å². The van der Waals surface area contributed by atoms with Gasteiger partial charge in [-0.05, 0) is 23.8 Å². The molecule has 2 aromatic carbocycles. The lowest BCUT2D eigenvalue weighted by Crippen LogP contribution is -2.06. The summed E-state index contributed by atoms with van der Waals surface area (Å²) in [5.41, 5.74) is 1.36. The molecule has 1 aromatic heterocycles. The number of aromatic carboxylic acids is 1. The SMILES string of the molecule is O=C(O)c1nc2cc(Cl)ccc2cc1OCc1ccccc1. The van der Waals surface area contributed by atoms with Crippen LogP contribution in [-0.2, 0) is 6.61 Å². The van der Waals surface area contributed by atoms with Crippen molar-refractivity contribution in [1.82, 2.24) is 4.98 Å². The highest BCUT2D eigenvalue weighted by Gasteiger charge is 2.15. The maximum atomic E-state index is 11.4. The summed E-state index contributed by atoms with van der Waals surface area (Å²) in [7, 11) is 0. The largest absolute Gasteiger partial charge is 0.486 e. The Balaban J connectivity index is 1.98. The molecule has 110 valence electrons. The molecular weight excluding hydrogens is 302 g/mol. The number of hydrogen-bond acceptors (Lipinski definition) is 3. The van der Waals surface area contributed by atoms with Crippen LogP contribution in [-0.4, -0.2) is 16.1 Å². The van der Waals surface area contributed by atoms with E-state index in [0.717, 1.165) is 10.9 Å². The van der Waals surface area contributed by atoms with Gasteiger partial charge in [-0.3, -0.25) is 0 Å². The van der Waals surface area contributed by atoms with E-state index in [1.54, 1.807) is 24.3 Å². The maximum absolute atomic E-state index is 11.4. The summed E-state index contributed by atoms with van der Waals surface area (Å²) < 4.78 is 5.65. The number of rotatable bonds is 4. The monoisotopic (exact) mass is 313 g/mol. The summed E-state index contributed by atoms with van der Waals surface area (Å²) in [6.07, 6.45) is 0. The van der Waals surface area contributed by atoms with E-state index in [-0.39, 0.29) is 18.1 Å². The zero-order valence-corrected chi connectivity index (χ0v) is 12.2. The van der Waals surface area contributed by atoms with Gasteiger partial charge in [0.2, 0.25) is 0 Å². The zero-order chi connectivity index (χ0) is 15.5. The van der Waals surface area contributed by atoms with Crippen molar-refractivity contribution < 1.29 is 14.6 Å². The Kier molecular flexibility index (Phi) is 3.94. The van der Waals surface area contributed by atoms with Gasteiger partial charge in [-0.25, -0.2) is 9.78 Å². The quantitative estimate of drug-likeness (QED) is 0.785. The predicted molar refractivity (Wildman–Crippen MR) is 84.5 cm³/mol. The number of fused-ring (bicyclic) bond motifs is 1. The number of carboxylic acid groups (broad SMARTS) is 1. The Morgan fingerprint density at radius 1 is 1.14 bits per heavy atom. The van der Waals surface area contributed by atoms with Crippen LogP contribution < -0.4 is 4.74 Å². The third kappa shape index (κ3) is 3.02. The molecular formula is C17H12ClNO3. The average molecular weight is 314 g/mol. The van der Waals surface area contributed by atoms with E-state index in [1.807, 2.05) is 30.3 Å². The Morgan fingerprint density at radius 3 is 2.64 bits per heavy atom. The topological polar surface area (TPSA) is 59.4 Å². The second-order valence-electron chi connectivity index (χ2n) is 4.75. The number of benzene rings is 2. The lowest BCUT2D eigenvalue weighted by atomic mass is 10.2. The highest BCUT2D eigenvalue weighted by atomic mass is 35.5. The highest BCUT2D eigenvalue weighted by molar-refractivity contribution is 6.31. The lowest BCUT2D eigenvalue weighted by molar-refractivity contribution is 0.0685. The highest BCUT2D eigenvalue weighted by Crippen LogP contribution is 2.26. The Labute approximate surface area is 131 Å². The van der Waals surface area contributed by atoms with Gasteiger partial charge in [-0.2, -0.15) is 0 Å². The maximum Gasteiger partial charge on any atom is 0.358 e. The molecule has 0 unspecified atom stereocenters. The Bertz CT molecular complexity index is 834. The molecule has 0 aliphatic carbocycles. The first-order valence-corrected chi connectivity index (χ1v) is 7.01. The van der Waals surface area contributed by atoms with E-state index in [9.17, 15) is 9.90 Å². The van der Waals surface area contributed by atoms with Crippen molar-refractivity contribution in [1.29, 1.82) is 0 Å². The van der Waals surface area contributed by atoms with E-state index in [2.05, 4.69) is 4.98 Å². The molecule has 0 saturated heterocycles. The van der Waals surface area contributed by atoms with Crippen LogP contribution in [0.4, 0.5) is 0 Å². The van der Waals surface area contributed by atoms with Crippen molar-refractivity contribution in [2.75, 3.05) is 0 Å². The van der Waals surface area contributed by atoms with Crippen LogP contribution in [0.3, 0.4) is 0 Å².